The first-order valence-corrected chi connectivity index (χ1v) is 6.24. The highest BCUT2D eigenvalue weighted by atomic mass is 16.3. The molecule has 0 atom stereocenters. The highest BCUT2D eigenvalue weighted by Gasteiger charge is 2.28. The lowest BCUT2D eigenvalue weighted by Crippen LogP contribution is -2.40. The van der Waals surface area contributed by atoms with Crippen LogP contribution in [-0.2, 0) is 11.2 Å². The fourth-order valence-corrected chi connectivity index (χ4v) is 2.31. The lowest BCUT2D eigenvalue weighted by Gasteiger charge is -2.34. The second kappa shape index (κ2) is 5.40. The van der Waals surface area contributed by atoms with Crippen molar-refractivity contribution in [1.82, 2.24) is 4.90 Å². The molecule has 4 nitrogen and oxygen atoms in total. The number of amides is 1. The molecule has 4 heteroatoms. The molecule has 18 heavy (non-hydrogen) atoms. The zero-order chi connectivity index (χ0) is 13.1. The minimum atomic E-state index is -0.176. The Kier molecular flexibility index (Phi) is 3.87. The summed E-state index contributed by atoms with van der Waals surface area (Å²) in [6.45, 7) is 0.703. The van der Waals surface area contributed by atoms with Gasteiger partial charge in [-0.3, -0.25) is 4.79 Å². The molecule has 1 aliphatic carbocycles. The molecule has 1 saturated carbocycles. The Morgan fingerprint density at radius 2 is 2.17 bits per heavy atom. The molecule has 1 aliphatic rings. The lowest BCUT2D eigenvalue weighted by molar-refractivity contribution is -0.130. The first kappa shape index (κ1) is 12.9. The first-order valence-electron chi connectivity index (χ1n) is 6.24. The van der Waals surface area contributed by atoms with Crippen LogP contribution in [0.15, 0.2) is 24.3 Å². The summed E-state index contributed by atoms with van der Waals surface area (Å²) < 4.78 is 0. The van der Waals surface area contributed by atoms with E-state index in [9.17, 15) is 15.0 Å². The Morgan fingerprint density at radius 3 is 2.78 bits per heavy atom. The van der Waals surface area contributed by atoms with E-state index in [-0.39, 0.29) is 17.8 Å². The summed E-state index contributed by atoms with van der Waals surface area (Å²) in [4.78, 5) is 13.7. The summed E-state index contributed by atoms with van der Waals surface area (Å²) in [7, 11) is 1.79. The summed E-state index contributed by atoms with van der Waals surface area (Å²) in [5.41, 5.74) is 0.820. The number of hydrogen-bond acceptors (Lipinski definition) is 3. The number of carbonyl (C=O) groups is 1. The van der Waals surface area contributed by atoms with Gasteiger partial charge in [-0.1, -0.05) is 12.1 Å². The maximum absolute atomic E-state index is 12.0. The number of aromatic hydroxyl groups is 1. The molecule has 1 aromatic rings. The Labute approximate surface area is 107 Å². The van der Waals surface area contributed by atoms with E-state index in [0.717, 1.165) is 18.4 Å². The molecule has 0 aliphatic heterocycles. The second-order valence-corrected chi connectivity index (χ2v) is 5.11. The molecular weight excluding hydrogens is 230 g/mol. The molecule has 0 spiro atoms. The van der Waals surface area contributed by atoms with Gasteiger partial charge in [-0.05, 0) is 36.5 Å². The van der Waals surface area contributed by atoms with E-state index in [2.05, 4.69) is 0 Å². The molecule has 0 saturated heterocycles. The number of rotatable bonds is 4. The van der Waals surface area contributed by atoms with Crippen LogP contribution >= 0.6 is 0 Å². The van der Waals surface area contributed by atoms with Gasteiger partial charge in [0.05, 0.1) is 12.5 Å². The molecule has 0 unspecified atom stereocenters. The van der Waals surface area contributed by atoms with Crippen LogP contribution in [0.3, 0.4) is 0 Å². The van der Waals surface area contributed by atoms with Gasteiger partial charge in [0.1, 0.15) is 5.75 Å². The number of nitrogens with zero attached hydrogens (tertiary/aromatic N) is 1. The van der Waals surface area contributed by atoms with Crippen LogP contribution in [0.1, 0.15) is 18.4 Å². The Morgan fingerprint density at radius 1 is 1.44 bits per heavy atom. The summed E-state index contributed by atoms with van der Waals surface area (Å²) >= 11 is 0. The smallest absolute Gasteiger partial charge is 0.226 e. The van der Waals surface area contributed by atoms with Crippen molar-refractivity contribution in [1.29, 1.82) is 0 Å². The molecule has 2 rings (SSSR count). The monoisotopic (exact) mass is 249 g/mol. The van der Waals surface area contributed by atoms with Gasteiger partial charge in [0.25, 0.3) is 0 Å². The van der Waals surface area contributed by atoms with Crippen LogP contribution < -0.4 is 0 Å². The largest absolute Gasteiger partial charge is 0.508 e. The molecular formula is C14H19NO3. The first-order chi connectivity index (χ1) is 8.54. The van der Waals surface area contributed by atoms with E-state index in [0.29, 0.717) is 18.9 Å². The van der Waals surface area contributed by atoms with Gasteiger partial charge >= 0.3 is 0 Å². The van der Waals surface area contributed by atoms with E-state index in [1.807, 2.05) is 6.07 Å². The zero-order valence-electron chi connectivity index (χ0n) is 10.5. The average Bonchev–Trinajstić information content (AvgIpc) is 2.26. The fourth-order valence-electron chi connectivity index (χ4n) is 2.31. The van der Waals surface area contributed by atoms with E-state index in [1.54, 1.807) is 30.1 Å². The van der Waals surface area contributed by atoms with Gasteiger partial charge in [-0.25, -0.2) is 0 Å². The summed E-state index contributed by atoms with van der Waals surface area (Å²) in [5.74, 6) is 0.658. The standard InChI is InChI=1S/C14H19NO3/c1-15(9-11-6-13(17)7-11)14(18)8-10-3-2-4-12(16)5-10/h2-5,11,13,16-17H,6-9H2,1H3. The number of phenolic OH excluding ortho intramolecular Hbond substituents is 1. The van der Waals surface area contributed by atoms with Crippen LogP contribution in [0.25, 0.3) is 0 Å². The molecule has 1 aromatic carbocycles. The van der Waals surface area contributed by atoms with Crippen LogP contribution in [0, 0.1) is 5.92 Å². The number of aliphatic hydroxyl groups excluding tert-OH is 1. The highest BCUT2D eigenvalue weighted by Crippen LogP contribution is 2.27. The Hall–Kier alpha value is -1.55. The second-order valence-electron chi connectivity index (χ2n) is 5.11. The SMILES string of the molecule is CN(CC1CC(O)C1)C(=O)Cc1cccc(O)c1. The van der Waals surface area contributed by atoms with Gasteiger partial charge in [0.2, 0.25) is 5.91 Å². The van der Waals surface area contributed by atoms with Crippen molar-refractivity contribution in [3.05, 3.63) is 29.8 Å². The van der Waals surface area contributed by atoms with Crippen molar-refractivity contribution < 1.29 is 15.0 Å². The zero-order valence-corrected chi connectivity index (χ0v) is 10.5. The molecule has 2 N–H and O–H groups in total. The number of aliphatic hydroxyl groups is 1. The highest BCUT2D eigenvalue weighted by molar-refractivity contribution is 5.78. The van der Waals surface area contributed by atoms with Crippen LogP contribution in [-0.4, -0.2) is 40.7 Å². The van der Waals surface area contributed by atoms with Crippen molar-refractivity contribution >= 4 is 5.91 Å². The van der Waals surface area contributed by atoms with Gasteiger partial charge < -0.3 is 15.1 Å². The number of phenols is 1. The lowest BCUT2D eigenvalue weighted by atomic mass is 9.82. The molecule has 1 amide bonds. The number of hydrogen-bond donors (Lipinski definition) is 2. The molecule has 0 heterocycles. The summed E-state index contributed by atoms with van der Waals surface area (Å²) in [5, 5.41) is 18.5. The van der Waals surface area contributed by atoms with Gasteiger partial charge in [0, 0.05) is 13.6 Å². The van der Waals surface area contributed by atoms with Crippen molar-refractivity contribution in [3.8, 4) is 5.75 Å². The summed E-state index contributed by atoms with van der Waals surface area (Å²) in [6, 6.07) is 6.77. The minimum Gasteiger partial charge on any atom is -0.508 e. The van der Waals surface area contributed by atoms with Crippen LogP contribution in [0.5, 0.6) is 5.75 Å². The maximum Gasteiger partial charge on any atom is 0.226 e. The van der Waals surface area contributed by atoms with E-state index >= 15 is 0 Å². The van der Waals surface area contributed by atoms with Crippen molar-refractivity contribution in [2.75, 3.05) is 13.6 Å². The maximum atomic E-state index is 12.0. The Bertz CT molecular complexity index is 427. The van der Waals surface area contributed by atoms with Crippen LogP contribution in [0.4, 0.5) is 0 Å². The Balaban J connectivity index is 1.83. The molecule has 0 aromatic heterocycles. The summed E-state index contributed by atoms with van der Waals surface area (Å²) in [6.07, 6.45) is 1.72. The average molecular weight is 249 g/mol. The third-order valence-electron chi connectivity index (χ3n) is 3.43. The third kappa shape index (κ3) is 3.23. The van der Waals surface area contributed by atoms with Crippen molar-refractivity contribution in [2.45, 2.75) is 25.4 Å². The predicted octanol–water partition coefficient (Wildman–Crippen LogP) is 1.16. The molecule has 98 valence electrons. The van der Waals surface area contributed by atoms with Crippen molar-refractivity contribution in [3.63, 3.8) is 0 Å². The topological polar surface area (TPSA) is 60.8 Å². The quantitative estimate of drug-likeness (QED) is 0.842. The number of carbonyl (C=O) groups excluding carboxylic acids is 1. The molecule has 0 bridgehead atoms. The fraction of sp³-hybridized carbons (Fsp3) is 0.500. The number of likely N-dealkylation sites (N-methyl/N-ethyl adjacent to an activating group) is 1. The van der Waals surface area contributed by atoms with Gasteiger partial charge in [-0.15, -0.1) is 0 Å². The molecule has 1 fully saturated rings. The van der Waals surface area contributed by atoms with E-state index in [1.165, 1.54) is 0 Å². The van der Waals surface area contributed by atoms with Gasteiger partial charge in [-0.2, -0.15) is 0 Å². The van der Waals surface area contributed by atoms with Gasteiger partial charge in [0.15, 0.2) is 0 Å². The minimum absolute atomic E-state index is 0.0435. The predicted molar refractivity (Wildman–Crippen MR) is 68.2 cm³/mol. The number of benzene rings is 1. The van der Waals surface area contributed by atoms with E-state index < -0.39 is 0 Å². The van der Waals surface area contributed by atoms with E-state index in [4.69, 9.17) is 0 Å². The third-order valence-corrected chi connectivity index (χ3v) is 3.43. The van der Waals surface area contributed by atoms with Crippen LogP contribution in [0.2, 0.25) is 0 Å². The normalized spacial score (nSPS) is 22.3. The molecule has 0 radical (unpaired) electrons. The van der Waals surface area contributed by atoms with Crippen molar-refractivity contribution in [2.24, 2.45) is 5.92 Å².